The van der Waals surface area contributed by atoms with Crippen LogP contribution in [0.5, 0.6) is 0 Å². The third-order valence-electron chi connectivity index (χ3n) is 6.18. The van der Waals surface area contributed by atoms with Gasteiger partial charge in [-0.2, -0.15) is 10.4 Å². The van der Waals surface area contributed by atoms with E-state index in [4.69, 9.17) is 5.73 Å². The van der Waals surface area contributed by atoms with Crippen molar-refractivity contribution < 1.29 is 9.18 Å². The lowest BCUT2D eigenvalue weighted by Crippen LogP contribution is -2.17. The van der Waals surface area contributed by atoms with Crippen LogP contribution in [0.2, 0.25) is 0 Å². The Bertz CT molecular complexity index is 1710. The van der Waals surface area contributed by atoms with Crippen molar-refractivity contribution in [3.8, 4) is 22.9 Å². The van der Waals surface area contributed by atoms with Crippen LogP contribution in [0.3, 0.4) is 0 Å². The second-order valence-electron chi connectivity index (χ2n) is 9.15. The highest BCUT2D eigenvalue weighted by molar-refractivity contribution is 7.18. The van der Waals surface area contributed by atoms with E-state index in [1.807, 2.05) is 11.6 Å². The van der Waals surface area contributed by atoms with Gasteiger partial charge >= 0.3 is 0 Å². The van der Waals surface area contributed by atoms with Gasteiger partial charge in [0.15, 0.2) is 0 Å². The molecule has 0 radical (unpaired) electrons. The Morgan fingerprint density at radius 2 is 2.05 bits per heavy atom. The van der Waals surface area contributed by atoms with Crippen LogP contribution in [0.1, 0.15) is 35.3 Å². The Morgan fingerprint density at radius 1 is 1.24 bits per heavy atom. The van der Waals surface area contributed by atoms with Gasteiger partial charge in [0.05, 0.1) is 39.3 Å². The molecule has 0 unspecified atom stereocenters. The van der Waals surface area contributed by atoms with Gasteiger partial charge in [0.25, 0.3) is 5.91 Å². The first kappa shape index (κ1) is 24.1. The van der Waals surface area contributed by atoms with E-state index in [9.17, 15) is 14.4 Å². The number of hydrogen-bond donors (Lipinski definition) is 2. The maximum atomic E-state index is 14.9. The maximum absolute atomic E-state index is 14.9. The maximum Gasteiger partial charge on any atom is 0.255 e. The highest BCUT2D eigenvalue weighted by atomic mass is 32.1. The van der Waals surface area contributed by atoms with E-state index in [-0.39, 0.29) is 5.69 Å². The SMILES string of the molecule is Cc1cc(F)c(NC(=O)c2cccc(C(C)(C)C#N)c2)cc1-n1cc(-c2csc3c(N)ncnc23)cn1. The fourth-order valence-corrected chi connectivity index (χ4v) is 4.91. The van der Waals surface area contributed by atoms with E-state index >= 15 is 0 Å². The van der Waals surface area contributed by atoms with Crippen molar-refractivity contribution in [2.45, 2.75) is 26.2 Å². The Morgan fingerprint density at radius 3 is 2.84 bits per heavy atom. The minimum atomic E-state index is -0.762. The highest BCUT2D eigenvalue weighted by Gasteiger charge is 2.21. The lowest BCUT2D eigenvalue weighted by Gasteiger charge is -2.17. The molecular weight excluding hydrogens is 489 g/mol. The number of nitrogens with zero attached hydrogens (tertiary/aromatic N) is 5. The van der Waals surface area contributed by atoms with Crippen LogP contribution in [-0.4, -0.2) is 25.7 Å². The standard InChI is InChI=1S/C27H22FN7OS/c1-15-7-20(28)21(34-26(36)16-5-4-6-18(8-16)27(2,3)13-29)9-22(15)35-11-17(10-33-35)19-12-37-24-23(19)31-14-32-25(24)30/h4-12,14H,1-3H3,(H,34,36)(H2,30,31,32). The average molecular weight is 512 g/mol. The number of aryl methyl sites for hydroxylation is 1. The zero-order chi connectivity index (χ0) is 26.3. The molecule has 0 saturated carbocycles. The largest absolute Gasteiger partial charge is 0.382 e. The topological polar surface area (TPSA) is 123 Å². The van der Waals surface area contributed by atoms with Crippen molar-refractivity contribution in [1.82, 2.24) is 19.7 Å². The number of thiophene rings is 1. The van der Waals surface area contributed by atoms with Gasteiger partial charge in [-0.15, -0.1) is 11.3 Å². The summed E-state index contributed by atoms with van der Waals surface area (Å²) in [6.07, 6.45) is 4.94. The number of anilines is 2. The third-order valence-corrected chi connectivity index (χ3v) is 7.17. The Hall–Kier alpha value is -4.62. The van der Waals surface area contributed by atoms with E-state index < -0.39 is 17.1 Å². The molecule has 5 aromatic rings. The number of rotatable bonds is 5. The molecule has 0 saturated heterocycles. The van der Waals surface area contributed by atoms with Gasteiger partial charge in [0.2, 0.25) is 0 Å². The summed E-state index contributed by atoms with van der Waals surface area (Å²) < 4.78 is 17.3. The van der Waals surface area contributed by atoms with Crippen LogP contribution < -0.4 is 11.1 Å². The molecule has 0 aliphatic carbocycles. The molecular formula is C27H22FN7OS. The van der Waals surface area contributed by atoms with Crippen molar-refractivity contribution in [3.63, 3.8) is 0 Å². The Kier molecular flexibility index (Phi) is 5.93. The van der Waals surface area contributed by atoms with E-state index in [2.05, 4.69) is 26.5 Å². The Balaban J connectivity index is 1.46. The molecule has 10 heteroatoms. The summed E-state index contributed by atoms with van der Waals surface area (Å²) in [6, 6.07) is 11.9. The number of hydrogen-bond acceptors (Lipinski definition) is 7. The molecule has 0 fully saturated rings. The monoisotopic (exact) mass is 511 g/mol. The van der Waals surface area contributed by atoms with Crippen LogP contribution in [0, 0.1) is 24.1 Å². The number of amides is 1. The van der Waals surface area contributed by atoms with Crippen LogP contribution in [0.15, 0.2) is 60.5 Å². The molecule has 184 valence electrons. The molecule has 5 rings (SSSR count). The number of fused-ring (bicyclic) bond motifs is 1. The van der Waals surface area contributed by atoms with Crippen LogP contribution in [0.25, 0.3) is 27.0 Å². The summed E-state index contributed by atoms with van der Waals surface area (Å²) in [6.45, 7) is 5.32. The Labute approximate surface area is 216 Å². The number of nitrogens with one attached hydrogen (secondary N) is 1. The second kappa shape index (κ2) is 9.11. The fourth-order valence-electron chi connectivity index (χ4n) is 3.98. The van der Waals surface area contributed by atoms with E-state index in [1.165, 1.54) is 23.7 Å². The predicted molar refractivity (Wildman–Crippen MR) is 142 cm³/mol. The molecule has 8 nitrogen and oxygen atoms in total. The van der Waals surface area contributed by atoms with Gasteiger partial charge in [-0.3, -0.25) is 4.79 Å². The quantitative estimate of drug-likeness (QED) is 0.315. The summed E-state index contributed by atoms with van der Waals surface area (Å²) in [5.41, 5.74) is 9.93. The first-order chi connectivity index (χ1) is 17.7. The molecule has 1 amide bonds. The molecule has 37 heavy (non-hydrogen) atoms. The smallest absolute Gasteiger partial charge is 0.255 e. The molecule has 3 heterocycles. The lowest BCUT2D eigenvalue weighted by atomic mass is 9.85. The van der Waals surface area contributed by atoms with Gasteiger partial charge in [-0.1, -0.05) is 12.1 Å². The average Bonchev–Trinajstić information content (AvgIpc) is 3.54. The summed E-state index contributed by atoms with van der Waals surface area (Å²) in [4.78, 5) is 21.4. The molecule has 2 aromatic carbocycles. The van der Waals surface area contributed by atoms with E-state index in [1.54, 1.807) is 62.0 Å². The van der Waals surface area contributed by atoms with Crippen molar-refractivity contribution in [1.29, 1.82) is 5.26 Å². The predicted octanol–water partition coefficient (Wildman–Crippen LogP) is 5.63. The van der Waals surface area contributed by atoms with Gasteiger partial charge in [-0.05, 0) is 56.2 Å². The molecule has 0 atom stereocenters. The number of carbonyl (C=O) groups is 1. The van der Waals surface area contributed by atoms with Crippen molar-refractivity contribution in [2.75, 3.05) is 11.1 Å². The van der Waals surface area contributed by atoms with Crippen molar-refractivity contribution >= 4 is 39.0 Å². The summed E-state index contributed by atoms with van der Waals surface area (Å²) in [5.74, 6) is -0.621. The van der Waals surface area contributed by atoms with Crippen molar-refractivity contribution in [3.05, 3.63) is 83.0 Å². The van der Waals surface area contributed by atoms with Crippen LogP contribution >= 0.6 is 11.3 Å². The number of nitrogens with two attached hydrogens (primary N) is 1. The lowest BCUT2D eigenvalue weighted by molar-refractivity contribution is 0.102. The molecule has 3 N–H and O–H groups in total. The third kappa shape index (κ3) is 4.41. The van der Waals surface area contributed by atoms with Crippen molar-refractivity contribution in [2.24, 2.45) is 0 Å². The van der Waals surface area contributed by atoms with Crippen LogP contribution in [0.4, 0.5) is 15.9 Å². The van der Waals surface area contributed by atoms with Gasteiger partial charge < -0.3 is 11.1 Å². The number of carbonyl (C=O) groups excluding carboxylic acids is 1. The number of halogens is 1. The van der Waals surface area contributed by atoms with E-state index in [0.29, 0.717) is 28.2 Å². The number of benzene rings is 2. The second-order valence-corrected chi connectivity index (χ2v) is 10.0. The van der Waals surface area contributed by atoms with Crippen LogP contribution in [-0.2, 0) is 5.41 Å². The number of aromatic nitrogens is 4. The normalized spacial score (nSPS) is 11.4. The van der Waals surface area contributed by atoms with Gasteiger partial charge in [0, 0.05) is 28.3 Å². The molecule has 0 aliphatic rings. The van der Waals surface area contributed by atoms with Gasteiger partial charge in [-0.25, -0.2) is 19.0 Å². The van der Waals surface area contributed by atoms with Gasteiger partial charge in [0.1, 0.15) is 18.0 Å². The number of nitriles is 1. The number of nitrogen functional groups attached to an aromatic ring is 1. The first-order valence-corrected chi connectivity index (χ1v) is 12.2. The molecule has 3 aromatic heterocycles. The summed E-state index contributed by atoms with van der Waals surface area (Å²) in [5, 5.41) is 18.5. The zero-order valence-electron chi connectivity index (χ0n) is 20.3. The minimum absolute atomic E-state index is 0.0223. The summed E-state index contributed by atoms with van der Waals surface area (Å²) >= 11 is 1.45. The minimum Gasteiger partial charge on any atom is -0.382 e. The fraction of sp³-hybridized carbons (Fsp3) is 0.148. The molecule has 0 aliphatic heterocycles. The summed E-state index contributed by atoms with van der Waals surface area (Å²) in [7, 11) is 0. The zero-order valence-corrected chi connectivity index (χ0v) is 21.1. The highest BCUT2D eigenvalue weighted by Crippen LogP contribution is 2.35. The molecule has 0 spiro atoms. The molecule has 0 bridgehead atoms. The first-order valence-electron chi connectivity index (χ1n) is 11.3. The van der Waals surface area contributed by atoms with E-state index in [0.717, 1.165) is 21.3 Å².